The van der Waals surface area contributed by atoms with Gasteiger partial charge in [-0.3, -0.25) is 4.79 Å². The predicted molar refractivity (Wildman–Crippen MR) is 72.7 cm³/mol. The van der Waals surface area contributed by atoms with E-state index in [9.17, 15) is 9.59 Å². The van der Waals surface area contributed by atoms with Gasteiger partial charge in [-0.25, -0.2) is 9.78 Å². The van der Waals surface area contributed by atoms with E-state index in [0.29, 0.717) is 29.1 Å². The number of carboxylic acid groups (broad SMARTS) is 1. The Balaban J connectivity index is 1.87. The molecule has 0 aliphatic heterocycles. The molecule has 0 bridgehead atoms. The van der Waals surface area contributed by atoms with E-state index in [1.54, 1.807) is 17.6 Å². The van der Waals surface area contributed by atoms with Crippen molar-refractivity contribution in [3.05, 3.63) is 40.3 Å². The Morgan fingerprint density at radius 1 is 1.55 bits per heavy atom. The quantitative estimate of drug-likeness (QED) is 0.862. The van der Waals surface area contributed by atoms with Crippen LogP contribution in [0.5, 0.6) is 0 Å². The fourth-order valence-electron chi connectivity index (χ4n) is 1.66. The smallest absolute Gasteiger partial charge is 0.356 e. The van der Waals surface area contributed by atoms with Crippen molar-refractivity contribution in [1.29, 1.82) is 0 Å². The number of nitrogens with one attached hydrogen (secondary N) is 1. The summed E-state index contributed by atoms with van der Waals surface area (Å²) in [6.07, 6.45) is 2.82. The van der Waals surface area contributed by atoms with Crippen LogP contribution < -0.4 is 5.32 Å². The number of aromatic nitrogens is 2. The number of furan rings is 1. The van der Waals surface area contributed by atoms with Gasteiger partial charge in [-0.15, -0.1) is 0 Å². The highest BCUT2D eigenvalue weighted by atomic mass is 79.9. The van der Waals surface area contributed by atoms with E-state index >= 15 is 0 Å². The molecule has 0 aromatic carbocycles. The number of carboxylic acids is 1. The summed E-state index contributed by atoms with van der Waals surface area (Å²) in [5.74, 6) is -0.785. The predicted octanol–water partition coefficient (Wildman–Crippen LogP) is 1.68. The van der Waals surface area contributed by atoms with Crippen molar-refractivity contribution < 1.29 is 19.1 Å². The van der Waals surface area contributed by atoms with Gasteiger partial charge in [0.05, 0.1) is 11.9 Å². The number of hydrogen-bond donors (Lipinski definition) is 2. The minimum absolute atomic E-state index is 0.0223. The minimum atomic E-state index is -1.08. The second-order valence-corrected chi connectivity index (χ2v) is 4.86. The summed E-state index contributed by atoms with van der Waals surface area (Å²) in [6.45, 7) is 2.50. The van der Waals surface area contributed by atoms with Crippen LogP contribution in [0.3, 0.4) is 0 Å². The number of aryl methyl sites for hydroxylation is 1. The monoisotopic (exact) mass is 341 g/mol. The molecule has 0 fully saturated rings. The van der Waals surface area contributed by atoms with Crippen molar-refractivity contribution in [3.63, 3.8) is 0 Å². The van der Waals surface area contributed by atoms with Gasteiger partial charge in [0.1, 0.15) is 5.76 Å². The number of rotatable bonds is 5. The number of carbonyl (C=O) groups is 2. The molecule has 2 heterocycles. The number of halogens is 1. The maximum Gasteiger partial charge on any atom is 0.356 e. The van der Waals surface area contributed by atoms with E-state index < -0.39 is 5.97 Å². The normalized spacial score (nSPS) is 10.5. The van der Waals surface area contributed by atoms with E-state index in [1.165, 1.54) is 12.5 Å². The Kier molecular flexibility index (Phi) is 4.23. The van der Waals surface area contributed by atoms with Crippen LogP contribution in [0.4, 0.5) is 0 Å². The van der Waals surface area contributed by atoms with Crippen molar-refractivity contribution in [2.24, 2.45) is 0 Å². The maximum atomic E-state index is 11.9. The lowest BCUT2D eigenvalue weighted by molar-refractivity contribution is 0.0690. The van der Waals surface area contributed by atoms with Gasteiger partial charge in [0.25, 0.3) is 5.91 Å². The highest BCUT2D eigenvalue weighted by Crippen LogP contribution is 2.19. The van der Waals surface area contributed by atoms with Crippen molar-refractivity contribution in [2.75, 3.05) is 6.54 Å². The number of aromatic carboxylic acids is 1. The molecule has 0 saturated heterocycles. The summed E-state index contributed by atoms with van der Waals surface area (Å²) in [7, 11) is 0. The van der Waals surface area contributed by atoms with E-state index in [1.807, 2.05) is 0 Å². The first-order chi connectivity index (χ1) is 9.47. The molecule has 20 heavy (non-hydrogen) atoms. The number of nitrogens with zero attached hydrogens (tertiary/aromatic N) is 2. The Bertz CT molecular complexity index is 647. The van der Waals surface area contributed by atoms with Crippen molar-refractivity contribution >= 4 is 27.8 Å². The molecule has 7 nitrogen and oxygen atoms in total. The molecule has 0 radical (unpaired) electrons. The summed E-state index contributed by atoms with van der Waals surface area (Å²) >= 11 is 3.16. The van der Waals surface area contributed by atoms with Crippen LogP contribution in [0.1, 0.15) is 26.6 Å². The van der Waals surface area contributed by atoms with Crippen LogP contribution in [-0.2, 0) is 6.54 Å². The Labute approximate surface area is 122 Å². The molecular formula is C12H12BrN3O4. The third-order valence-corrected chi connectivity index (χ3v) is 3.03. The molecule has 2 rings (SSSR count). The van der Waals surface area contributed by atoms with Crippen LogP contribution in [0.2, 0.25) is 0 Å². The van der Waals surface area contributed by atoms with Gasteiger partial charge < -0.3 is 19.4 Å². The molecule has 2 aromatic heterocycles. The third kappa shape index (κ3) is 3.27. The number of carbonyl (C=O) groups excluding carboxylic acids is 1. The molecule has 2 aromatic rings. The lowest BCUT2D eigenvalue weighted by atomic mass is 10.2. The van der Waals surface area contributed by atoms with Gasteiger partial charge in [0, 0.05) is 25.4 Å². The topological polar surface area (TPSA) is 97.4 Å². The van der Waals surface area contributed by atoms with Gasteiger partial charge in [0.2, 0.25) is 0 Å². The van der Waals surface area contributed by atoms with Crippen LogP contribution >= 0.6 is 15.9 Å². The first-order valence-electron chi connectivity index (χ1n) is 5.76. The maximum absolute atomic E-state index is 11.9. The molecule has 8 heteroatoms. The molecule has 1 amide bonds. The molecular weight excluding hydrogens is 330 g/mol. The molecule has 106 valence electrons. The summed E-state index contributed by atoms with van der Waals surface area (Å²) in [5.41, 5.74) is 0.444. The second kappa shape index (κ2) is 5.91. The third-order valence-electron chi connectivity index (χ3n) is 2.64. The number of imidazole rings is 1. The summed E-state index contributed by atoms with van der Waals surface area (Å²) < 4.78 is 7.31. The highest BCUT2D eigenvalue weighted by Gasteiger charge is 2.13. The standard InChI is InChI=1S/C12H12BrN3O4/c1-7-8(4-10(13)20-7)11(17)14-2-3-16-5-9(12(18)19)15-6-16/h4-6H,2-3H2,1H3,(H,14,17)(H,18,19). The van der Waals surface area contributed by atoms with Gasteiger partial charge in [-0.1, -0.05) is 0 Å². The second-order valence-electron chi connectivity index (χ2n) is 4.08. The van der Waals surface area contributed by atoms with Crippen LogP contribution in [0.25, 0.3) is 0 Å². The van der Waals surface area contributed by atoms with E-state index in [2.05, 4.69) is 26.2 Å². The molecule has 0 aliphatic carbocycles. The van der Waals surface area contributed by atoms with Crippen molar-refractivity contribution in [3.8, 4) is 0 Å². The SMILES string of the molecule is Cc1oc(Br)cc1C(=O)NCCn1cnc(C(=O)O)c1. The van der Waals surface area contributed by atoms with Gasteiger partial charge in [-0.05, 0) is 22.9 Å². The van der Waals surface area contributed by atoms with E-state index in [4.69, 9.17) is 9.52 Å². The van der Waals surface area contributed by atoms with Crippen LogP contribution in [0, 0.1) is 6.92 Å². The van der Waals surface area contributed by atoms with Crippen LogP contribution in [-0.4, -0.2) is 33.1 Å². The fraction of sp³-hybridized carbons (Fsp3) is 0.250. The first kappa shape index (κ1) is 14.3. The fourth-order valence-corrected chi connectivity index (χ4v) is 2.13. The average Bonchev–Trinajstić information content (AvgIpc) is 2.96. The Hall–Kier alpha value is -2.09. The largest absolute Gasteiger partial charge is 0.476 e. The number of hydrogen-bond acceptors (Lipinski definition) is 4. The average molecular weight is 342 g/mol. The molecule has 0 saturated carbocycles. The zero-order valence-corrected chi connectivity index (χ0v) is 12.2. The molecule has 0 unspecified atom stereocenters. The lowest BCUT2D eigenvalue weighted by Crippen LogP contribution is -2.27. The summed E-state index contributed by atoms with van der Waals surface area (Å²) in [6, 6.07) is 1.60. The molecule has 0 spiro atoms. The molecule has 0 atom stereocenters. The summed E-state index contributed by atoms with van der Waals surface area (Å²) in [4.78, 5) is 26.3. The lowest BCUT2D eigenvalue weighted by Gasteiger charge is -2.04. The molecule has 2 N–H and O–H groups in total. The van der Waals surface area contributed by atoms with E-state index in [0.717, 1.165) is 0 Å². The Morgan fingerprint density at radius 3 is 2.85 bits per heavy atom. The zero-order chi connectivity index (χ0) is 14.7. The Morgan fingerprint density at radius 2 is 2.30 bits per heavy atom. The van der Waals surface area contributed by atoms with Crippen molar-refractivity contribution in [2.45, 2.75) is 13.5 Å². The number of amides is 1. The van der Waals surface area contributed by atoms with Gasteiger partial charge in [-0.2, -0.15) is 0 Å². The highest BCUT2D eigenvalue weighted by molar-refractivity contribution is 9.10. The minimum Gasteiger partial charge on any atom is -0.476 e. The van der Waals surface area contributed by atoms with Gasteiger partial charge in [0.15, 0.2) is 10.4 Å². The van der Waals surface area contributed by atoms with E-state index in [-0.39, 0.29) is 11.6 Å². The zero-order valence-electron chi connectivity index (χ0n) is 10.6. The summed E-state index contributed by atoms with van der Waals surface area (Å²) in [5, 5.41) is 11.5. The van der Waals surface area contributed by atoms with Crippen molar-refractivity contribution in [1.82, 2.24) is 14.9 Å². The first-order valence-corrected chi connectivity index (χ1v) is 6.56. The van der Waals surface area contributed by atoms with Gasteiger partial charge >= 0.3 is 5.97 Å². The molecule has 0 aliphatic rings. The van der Waals surface area contributed by atoms with Crippen LogP contribution in [0.15, 0.2) is 27.7 Å².